The highest BCUT2D eigenvalue weighted by atomic mass is 32.2. The number of carbonyl (C=O) groups excluding carboxylic acids is 1. The van der Waals surface area contributed by atoms with E-state index in [1.165, 1.54) is 12.1 Å². The number of carbonyl (C=O) groups is 1. The SMILES string of the molecule is Cc1ccc(C(C(N)=O)c2ccc(-n3ncc(C(F)(F)F)n3)c(S(N)(=O)=O)c2)cc1. The van der Waals surface area contributed by atoms with Gasteiger partial charge in [0.1, 0.15) is 10.6 Å². The maximum atomic E-state index is 12.8. The fraction of sp³-hybridized carbons (Fsp3) is 0.167. The van der Waals surface area contributed by atoms with Crippen molar-refractivity contribution in [2.75, 3.05) is 0 Å². The number of hydrogen-bond acceptors (Lipinski definition) is 5. The Morgan fingerprint density at radius 2 is 1.70 bits per heavy atom. The van der Waals surface area contributed by atoms with Crippen molar-refractivity contribution in [3.8, 4) is 5.69 Å². The third-order valence-corrected chi connectivity index (χ3v) is 5.26. The van der Waals surface area contributed by atoms with E-state index in [1.54, 1.807) is 24.3 Å². The summed E-state index contributed by atoms with van der Waals surface area (Å²) in [5.41, 5.74) is 5.56. The number of benzene rings is 2. The van der Waals surface area contributed by atoms with Gasteiger partial charge in [0, 0.05) is 0 Å². The first kappa shape index (κ1) is 21.5. The van der Waals surface area contributed by atoms with Crippen molar-refractivity contribution < 1.29 is 26.4 Å². The number of sulfonamides is 1. The number of amides is 1. The molecule has 0 fully saturated rings. The van der Waals surface area contributed by atoms with Crippen molar-refractivity contribution in [2.45, 2.75) is 23.9 Å². The van der Waals surface area contributed by atoms with Crippen molar-refractivity contribution in [1.82, 2.24) is 15.0 Å². The molecule has 1 aromatic heterocycles. The molecule has 0 spiro atoms. The Kier molecular flexibility index (Phi) is 5.39. The predicted octanol–water partition coefficient (Wildman–Crippen LogP) is 1.86. The minimum Gasteiger partial charge on any atom is -0.369 e. The minimum absolute atomic E-state index is 0.197. The van der Waals surface area contributed by atoms with E-state index in [0.717, 1.165) is 11.6 Å². The molecule has 1 heterocycles. The number of aromatic nitrogens is 3. The Balaban J connectivity index is 2.16. The second kappa shape index (κ2) is 7.54. The lowest BCUT2D eigenvalue weighted by Gasteiger charge is -2.17. The van der Waals surface area contributed by atoms with E-state index in [4.69, 9.17) is 10.9 Å². The molecule has 0 aliphatic carbocycles. The lowest BCUT2D eigenvalue weighted by atomic mass is 9.90. The Labute approximate surface area is 169 Å². The van der Waals surface area contributed by atoms with Crippen molar-refractivity contribution >= 4 is 15.9 Å². The first-order chi connectivity index (χ1) is 13.9. The number of rotatable bonds is 5. The topological polar surface area (TPSA) is 134 Å². The second-order valence-corrected chi connectivity index (χ2v) is 8.07. The number of nitrogens with zero attached hydrogens (tertiary/aromatic N) is 3. The van der Waals surface area contributed by atoms with Crippen LogP contribution in [0, 0.1) is 6.92 Å². The summed E-state index contributed by atoms with van der Waals surface area (Å²) in [6.07, 6.45) is -4.30. The largest absolute Gasteiger partial charge is 0.436 e. The molecule has 0 saturated carbocycles. The van der Waals surface area contributed by atoms with Crippen LogP contribution in [-0.2, 0) is 21.0 Å². The maximum Gasteiger partial charge on any atom is 0.436 e. The zero-order valence-corrected chi connectivity index (χ0v) is 16.3. The van der Waals surface area contributed by atoms with E-state index in [-0.39, 0.29) is 11.3 Å². The molecule has 0 radical (unpaired) electrons. The maximum absolute atomic E-state index is 12.8. The second-order valence-electron chi connectivity index (χ2n) is 6.54. The van der Waals surface area contributed by atoms with Crippen LogP contribution in [0.4, 0.5) is 13.2 Å². The fourth-order valence-electron chi connectivity index (χ4n) is 2.89. The molecule has 12 heteroatoms. The highest BCUT2D eigenvalue weighted by Crippen LogP contribution is 2.31. The van der Waals surface area contributed by atoms with Crippen LogP contribution in [0.2, 0.25) is 0 Å². The first-order valence-electron chi connectivity index (χ1n) is 8.40. The summed E-state index contributed by atoms with van der Waals surface area (Å²) in [5.74, 6) is -1.75. The van der Waals surface area contributed by atoms with Gasteiger partial charge in [0.25, 0.3) is 0 Å². The molecule has 1 atom stereocenters. The van der Waals surface area contributed by atoms with Crippen molar-refractivity contribution in [2.24, 2.45) is 10.9 Å². The van der Waals surface area contributed by atoms with E-state index >= 15 is 0 Å². The third-order valence-electron chi connectivity index (χ3n) is 4.32. The van der Waals surface area contributed by atoms with Gasteiger partial charge >= 0.3 is 6.18 Å². The zero-order chi connectivity index (χ0) is 22.3. The van der Waals surface area contributed by atoms with Gasteiger partial charge in [-0.15, -0.1) is 9.90 Å². The molecule has 30 heavy (non-hydrogen) atoms. The van der Waals surface area contributed by atoms with Crippen molar-refractivity contribution in [1.29, 1.82) is 0 Å². The molecule has 3 rings (SSSR count). The van der Waals surface area contributed by atoms with E-state index in [0.29, 0.717) is 16.6 Å². The molecule has 0 aliphatic rings. The quantitative estimate of drug-likeness (QED) is 0.626. The number of hydrogen-bond donors (Lipinski definition) is 2. The van der Waals surface area contributed by atoms with Gasteiger partial charge in [-0.25, -0.2) is 13.6 Å². The van der Waals surface area contributed by atoms with Crippen molar-refractivity contribution in [3.63, 3.8) is 0 Å². The van der Waals surface area contributed by atoms with Crippen molar-refractivity contribution in [3.05, 3.63) is 71.0 Å². The molecule has 158 valence electrons. The summed E-state index contributed by atoms with van der Waals surface area (Å²) >= 11 is 0. The summed E-state index contributed by atoms with van der Waals surface area (Å²) in [6.45, 7) is 1.85. The normalized spacial score (nSPS) is 13.2. The smallest absolute Gasteiger partial charge is 0.369 e. The fourth-order valence-corrected chi connectivity index (χ4v) is 3.63. The third kappa shape index (κ3) is 4.33. The molecule has 0 aliphatic heterocycles. The standard InChI is InChI=1S/C18H16F3N5O3S/c1-10-2-4-11(5-3-10)16(17(22)27)12-6-7-13(14(8-12)30(23,28)29)26-24-9-15(25-26)18(19,20)21/h2-9,16H,1H3,(H2,22,27)(H2,23,28,29). The Morgan fingerprint density at radius 3 is 2.20 bits per heavy atom. The molecule has 1 amide bonds. The summed E-state index contributed by atoms with van der Waals surface area (Å²) in [5, 5.41) is 12.0. The monoisotopic (exact) mass is 439 g/mol. The van der Waals surface area contributed by atoms with E-state index in [1.807, 2.05) is 6.92 Å². The van der Waals surface area contributed by atoms with E-state index < -0.39 is 38.6 Å². The van der Waals surface area contributed by atoms with Crippen LogP contribution in [0.1, 0.15) is 28.3 Å². The molecule has 0 saturated heterocycles. The predicted molar refractivity (Wildman–Crippen MR) is 100.0 cm³/mol. The number of nitrogens with two attached hydrogens (primary N) is 2. The lowest BCUT2D eigenvalue weighted by Crippen LogP contribution is -2.24. The summed E-state index contributed by atoms with van der Waals surface area (Å²) in [4.78, 5) is 12.1. The van der Waals surface area contributed by atoms with Gasteiger partial charge in [0.15, 0.2) is 5.69 Å². The van der Waals surface area contributed by atoms with Gasteiger partial charge in [-0.1, -0.05) is 35.9 Å². The summed E-state index contributed by atoms with van der Waals surface area (Å²) in [6, 6.07) is 10.4. The average Bonchev–Trinajstić information content (AvgIpc) is 3.13. The van der Waals surface area contributed by atoms with Crippen LogP contribution >= 0.6 is 0 Å². The van der Waals surface area contributed by atoms with Gasteiger partial charge in [-0.05, 0) is 30.2 Å². The van der Waals surface area contributed by atoms with E-state index in [2.05, 4.69) is 10.2 Å². The van der Waals surface area contributed by atoms with Crippen LogP contribution < -0.4 is 10.9 Å². The van der Waals surface area contributed by atoms with Crippen LogP contribution in [0.3, 0.4) is 0 Å². The molecular weight excluding hydrogens is 423 g/mol. The average molecular weight is 439 g/mol. The van der Waals surface area contributed by atoms with Crippen LogP contribution in [0.25, 0.3) is 5.69 Å². The molecular formula is C18H16F3N5O3S. The molecule has 0 bridgehead atoms. The molecule has 4 N–H and O–H groups in total. The van der Waals surface area contributed by atoms with Gasteiger partial charge in [0.2, 0.25) is 15.9 Å². The van der Waals surface area contributed by atoms with E-state index in [9.17, 15) is 26.4 Å². The number of primary amides is 1. The van der Waals surface area contributed by atoms with Gasteiger partial charge in [0.05, 0.1) is 12.1 Å². The summed E-state index contributed by atoms with van der Waals surface area (Å²) in [7, 11) is -4.41. The Morgan fingerprint density at radius 1 is 1.10 bits per heavy atom. The molecule has 8 nitrogen and oxygen atoms in total. The first-order valence-corrected chi connectivity index (χ1v) is 9.95. The highest BCUT2D eigenvalue weighted by molar-refractivity contribution is 7.89. The molecule has 1 unspecified atom stereocenters. The van der Waals surface area contributed by atoms with Crippen LogP contribution in [-0.4, -0.2) is 29.3 Å². The Bertz CT molecular complexity index is 1200. The summed E-state index contributed by atoms with van der Waals surface area (Å²) < 4.78 is 62.7. The number of halogens is 3. The lowest BCUT2D eigenvalue weighted by molar-refractivity contribution is -0.141. The van der Waals surface area contributed by atoms with Crippen LogP contribution in [0.15, 0.2) is 53.6 Å². The Hall–Kier alpha value is -3.25. The number of alkyl halides is 3. The van der Waals surface area contributed by atoms with Gasteiger partial charge in [-0.3, -0.25) is 4.79 Å². The minimum atomic E-state index is -4.76. The zero-order valence-electron chi connectivity index (χ0n) is 15.5. The molecule has 2 aromatic carbocycles. The highest BCUT2D eigenvalue weighted by Gasteiger charge is 2.35. The molecule has 3 aromatic rings. The van der Waals surface area contributed by atoms with Crippen LogP contribution in [0.5, 0.6) is 0 Å². The van der Waals surface area contributed by atoms with Gasteiger partial charge < -0.3 is 5.73 Å². The number of primary sulfonamides is 1. The number of aryl methyl sites for hydroxylation is 1. The van der Waals surface area contributed by atoms with Gasteiger partial charge in [-0.2, -0.15) is 18.3 Å².